The lowest BCUT2D eigenvalue weighted by Gasteiger charge is -2.43. The molecule has 0 unspecified atom stereocenters. The predicted molar refractivity (Wildman–Crippen MR) is 121 cm³/mol. The van der Waals surface area contributed by atoms with Crippen LogP contribution in [0.5, 0.6) is 0 Å². The van der Waals surface area contributed by atoms with Gasteiger partial charge in [0.2, 0.25) is 10.0 Å². The zero-order chi connectivity index (χ0) is 22.0. The minimum absolute atomic E-state index is 0.0197. The maximum absolute atomic E-state index is 12.3. The van der Waals surface area contributed by atoms with Gasteiger partial charge in [-0.2, -0.15) is 0 Å². The van der Waals surface area contributed by atoms with Gasteiger partial charge in [-0.25, -0.2) is 18.4 Å². The number of hydrogen-bond donors (Lipinski definition) is 3. The van der Waals surface area contributed by atoms with Crippen LogP contribution in [-0.4, -0.2) is 27.5 Å². The Kier molecular flexibility index (Phi) is 6.60. The molecule has 1 heterocycles. The molecule has 1 aliphatic rings. The molecule has 1 saturated carbocycles. The van der Waals surface area contributed by atoms with Crippen LogP contribution < -0.4 is 15.8 Å². The number of primary sulfonamides is 1. The fourth-order valence-corrected chi connectivity index (χ4v) is 5.53. The summed E-state index contributed by atoms with van der Waals surface area (Å²) in [6.45, 7) is 7.67. The fourth-order valence-electron chi connectivity index (χ4n) is 3.75. The third kappa shape index (κ3) is 5.42. The fraction of sp³-hybridized carbons (Fsp3) is 0.500. The van der Waals surface area contributed by atoms with Gasteiger partial charge in [0.15, 0.2) is 0 Å². The van der Waals surface area contributed by atoms with Crippen LogP contribution in [0.1, 0.15) is 56.0 Å². The van der Waals surface area contributed by atoms with Crippen molar-refractivity contribution in [2.24, 2.45) is 5.14 Å². The number of rotatable bonds is 7. The van der Waals surface area contributed by atoms with E-state index in [9.17, 15) is 13.2 Å². The number of sulfonamides is 1. The second kappa shape index (κ2) is 8.69. The molecule has 0 spiro atoms. The van der Waals surface area contributed by atoms with Crippen molar-refractivity contribution in [3.63, 3.8) is 0 Å². The quantitative estimate of drug-likeness (QED) is 0.601. The van der Waals surface area contributed by atoms with Crippen molar-refractivity contribution >= 4 is 27.4 Å². The smallest absolute Gasteiger partial charge is 0.314 e. The second-order valence-corrected chi connectivity index (χ2v) is 12.0. The minimum Gasteiger partial charge on any atom is -0.338 e. The third-order valence-electron chi connectivity index (χ3n) is 5.84. The van der Waals surface area contributed by atoms with Gasteiger partial charge in [-0.3, -0.25) is 0 Å². The van der Waals surface area contributed by atoms with Crippen LogP contribution in [0.15, 0.2) is 40.6 Å². The molecular formula is C22H31N3O3S2. The van der Waals surface area contributed by atoms with E-state index < -0.39 is 10.0 Å². The molecule has 0 bridgehead atoms. The summed E-state index contributed by atoms with van der Waals surface area (Å²) in [5, 5.41) is 11.0. The number of benzene rings is 1. The molecule has 164 valence electrons. The maximum atomic E-state index is 12.3. The molecule has 0 aliphatic heterocycles. The van der Waals surface area contributed by atoms with Gasteiger partial charge in [-0.05, 0) is 47.9 Å². The normalized spacial score (nSPS) is 16.0. The zero-order valence-electron chi connectivity index (χ0n) is 17.8. The van der Waals surface area contributed by atoms with Crippen LogP contribution in [0.4, 0.5) is 4.79 Å². The van der Waals surface area contributed by atoms with Crippen LogP contribution >= 0.6 is 11.3 Å². The Balaban J connectivity index is 1.50. The van der Waals surface area contributed by atoms with Crippen molar-refractivity contribution in [1.82, 2.24) is 10.6 Å². The molecule has 30 heavy (non-hydrogen) atoms. The number of thiophene rings is 1. The number of amides is 2. The largest absolute Gasteiger partial charge is 0.338 e. The zero-order valence-corrected chi connectivity index (χ0v) is 19.5. The molecule has 0 radical (unpaired) electrons. The van der Waals surface area contributed by atoms with Gasteiger partial charge in [0, 0.05) is 23.4 Å². The number of carbonyl (C=O) groups excluding carboxylic acids is 1. The van der Waals surface area contributed by atoms with E-state index in [0.717, 1.165) is 29.1 Å². The highest BCUT2D eigenvalue weighted by Crippen LogP contribution is 2.43. The number of urea groups is 1. The molecule has 4 N–H and O–H groups in total. The Labute approximate surface area is 183 Å². The summed E-state index contributed by atoms with van der Waals surface area (Å²) in [7, 11) is -3.66. The third-order valence-corrected chi connectivity index (χ3v) is 8.42. The van der Waals surface area contributed by atoms with E-state index in [1.807, 2.05) is 0 Å². The summed E-state index contributed by atoms with van der Waals surface area (Å²) in [4.78, 5) is 13.1. The highest BCUT2D eigenvalue weighted by molar-refractivity contribution is 7.91. The summed E-state index contributed by atoms with van der Waals surface area (Å²) in [6, 6.07) is 11.8. The Bertz CT molecular complexity index is 985. The van der Waals surface area contributed by atoms with Gasteiger partial charge < -0.3 is 10.6 Å². The first kappa shape index (κ1) is 22.8. The van der Waals surface area contributed by atoms with E-state index in [0.29, 0.717) is 19.5 Å². The second-order valence-electron chi connectivity index (χ2n) is 9.09. The van der Waals surface area contributed by atoms with Crippen molar-refractivity contribution in [1.29, 1.82) is 0 Å². The van der Waals surface area contributed by atoms with Crippen molar-refractivity contribution in [3.05, 3.63) is 52.4 Å². The van der Waals surface area contributed by atoms with Gasteiger partial charge >= 0.3 is 6.03 Å². The van der Waals surface area contributed by atoms with Crippen LogP contribution in [0.2, 0.25) is 0 Å². The van der Waals surface area contributed by atoms with E-state index in [4.69, 9.17) is 5.14 Å². The number of carbonyl (C=O) groups is 1. The summed E-state index contributed by atoms with van der Waals surface area (Å²) >= 11 is 1.14. The summed E-state index contributed by atoms with van der Waals surface area (Å²) in [5.41, 5.74) is 2.74. The Morgan fingerprint density at radius 3 is 2.27 bits per heavy atom. The number of nitrogens with two attached hydrogens (primary N) is 1. The molecule has 2 aromatic rings. The van der Waals surface area contributed by atoms with Crippen LogP contribution in [0.25, 0.3) is 0 Å². The lowest BCUT2D eigenvalue weighted by Crippen LogP contribution is -2.48. The first-order valence-electron chi connectivity index (χ1n) is 10.2. The lowest BCUT2D eigenvalue weighted by molar-refractivity contribution is 0.215. The Morgan fingerprint density at radius 1 is 1.10 bits per heavy atom. The minimum atomic E-state index is -3.66. The van der Waals surface area contributed by atoms with E-state index in [2.05, 4.69) is 55.7 Å². The van der Waals surface area contributed by atoms with Gasteiger partial charge in [-0.1, -0.05) is 51.5 Å². The molecule has 3 rings (SSSR count). The highest BCUT2D eigenvalue weighted by Gasteiger charge is 2.39. The molecule has 1 aromatic heterocycles. The van der Waals surface area contributed by atoms with Crippen molar-refractivity contribution in [2.45, 2.75) is 61.5 Å². The van der Waals surface area contributed by atoms with Crippen LogP contribution in [0, 0.1) is 0 Å². The van der Waals surface area contributed by atoms with Gasteiger partial charge in [0.25, 0.3) is 0 Å². The summed E-state index contributed by atoms with van der Waals surface area (Å²) < 4.78 is 22.8. The molecule has 6 nitrogen and oxygen atoms in total. The molecule has 8 heteroatoms. The van der Waals surface area contributed by atoms with E-state index in [1.165, 1.54) is 23.6 Å². The highest BCUT2D eigenvalue weighted by atomic mass is 32.2. The monoisotopic (exact) mass is 449 g/mol. The van der Waals surface area contributed by atoms with Gasteiger partial charge in [0.1, 0.15) is 4.21 Å². The van der Waals surface area contributed by atoms with E-state index >= 15 is 0 Å². The Hall–Kier alpha value is -1.90. The van der Waals surface area contributed by atoms with Gasteiger partial charge in [-0.15, -0.1) is 11.3 Å². The number of hydrogen-bond acceptors (Lipinski definition) is 4. The molecule has 0 atom stereocenters. The molecule has 1 aliphatic carbocycles. The lowest BCUT2D eigenvalue weighted by atomic mass is 9.64. The standard InChI is InChI=1S/C22H31N3O3S2/c1-21(2,3)16-5-7-17(8-6-16)22(12-4-13-22)15-25-20(26)24-14-11-18-9-10-19(29-18)30(23,27)28/h5-10H,4,11-15H2,1-3H3,(H2,23,27,28)(H2,24,25,26). The van der Waals surface area contributed by atoms with Crippen LogP contribution in [0.3, 0.4) is 0 Å². The first-order chi connectivity index (χ1) is 14.0. The molecule has 1 aromatic carbocycles. The van der Waals surface area contributed by atoms with E-state index in [1.54, 1.807) is 6.07 Å². The summed E-state index contributed by atoms with van der Waals surface area (Å²) in [6.07, 6.45) is 3.89. The number of nitrogens with one attached hydrogen (secondary N) is 2. The average Bonchev–Trinajstić information content (AvgIpc) is 3.10. The van der Waals surface area contributed by atoms with Crippen LogP contribution in [-0.2, 0) is 27.3 Å². The topological polar surface area (TPSA) is 101 Å². The average molecular weight is 450 g/mol. The van der Waals surface area contributed by atoms with Gasteiger partial charge in [0.05, 0.1) is 0 Å². The molecule has 1 fully saturated rings. The maximum Gasteiger partial charge on any atom is 0.314 e. The molecule has 0 saturated heterocycles. The molecule has 2 amide bonds. The van der Waals surface area contributed by atoms with Crippen molar-refractivity contribution < 1.29 is 13.2 Å². The summed E-state index contributed by atoms with van der Waals surface area (Å²) in [5.74, 6) is 0. The SMILES string of the molecule is CC(C)(C)c1ccc(C2(CNC(=O)NCCc3ccc(S(N)(=O)=O)s3)CCC2)cc1. The Morgan fingerprint density at radius 2 is 1.77 bits per heavy atom. The predicted octanol–water partition coefficient (Wildman–Crippen LogP) is 3.66. The van der Waals surface area contributed by atoms with Crippen molar-refractivity contribution in [3.8, 4) is 0 Å². The van der Waals surface area contributed by atoms with E-state index in [-0.39, 0.29) is 21.1 Å². The first-order valence-corrected chi connectivity index (χ1v) is 12.6. The van der Waals surface area contributed by atoms with Crippen molar-refractivity contribution in [2.75, 3.05) is 13.1 Å². The molecular weight excluding hydrogens is 418 g/mol.